The van der Waals surface area contributed by atoms with Crippen LogP contribution in [-0.2, 0) is 17.8 Å². The summed E-state index contributed by atoms with van der Waals surface area (Å²) in [6, 6.07) is 14.4. The third-order valence-corrected chi connectivity index (χ3v) is 6.01. The van der Waals surface area contributed by atoms with Crippen LogP contribution in [0.2, 0.25) is 0 Å². The van der Waals surface area contributed by atoms with Gasteiger partial charge in [-0.05, 0) is 86.6 Å². The summed E-state index contributed by atoms with van der Waals surface area (Å²) in [5, 5.41) is 3.14. The maximum Gasteiger partial charge on any atom is 0.223 e. The Hall–Kier alpha value is -2.40. The van der Waals surface area contributed by atoms with Crippen molar-refractivity contribution in [2.75, 3.05) is 26.7 Å². The van der Waals surface area contributed by atoms with Crippen LogP contribution in [0.4, 0.5) is 4.39 Å². The molecule has 1 aliphatic heterocycles. The van der Waals surface area contributed by atoms with E-state index in [9.17, 15) is 9.18 Å². The highest BCUT2D eigenvalue weighted by molar-refractivity contribution is 5.79. The molecule has 1 fully saturated rings. The summed E-state index contributed by atoms with van der Waals surface area (Å²) in [7, 11) is 2.12. The molecular weight excluding hydrogens is 391 g/mol. The Morgan fingerprint density at radius 1 is 1.06 bits per heavy atom. The molecule has 5 heteroatoms. The zero-order chi connectivity index (χ0) is 22.2. The van der Waals surface area contributed by atoms with Crippen LogP contribution in [0.25, 0.3) is 0 Å². The van der Waals surface area contributed by atoms with Crippen LogP contribution in [-0.4, -0.2) is 37.6 Å². The Balaban J connectivity index is 1.61. The molecule has 0 aliphatic carbocycles. The molecule has 1 saturated heterocycles. The number of piperidine rings is 1. The quantitative estimate of drug-likeness (QED) is 0.633. The molecule has 2 aromatic carbocycles. The highest BCUT2D eigenvalue weighted by Gasteiger charge is 2.30. The van der Waals surface area contributed by atoms with E-state index in [2.05, 4.69) is 31.1 Å². The van der Waals surface area contributed by atoms with Crippen molar-refractivity contribution < 1.29 is 13.9 Å². The van der Waals surface area contributed by atoms with Crippen molar-refractivity contribution in [1.29, 1.82) is 0 Å². The Labute approximate surface area is 185 Å². The van der Waals surface area contributed by atoms with E-state index in [1.807, 2.05) is 24.3 Å². The number of carbonyl (C=O) groups is 1. The van der Waals surface area contributed by atoms with Gasteiger partial charge in [-0.15, -0.1) is 0 Å². The molecule has 0 saturated carbocycles. The molecule has 3 rings (SSSR count). The SMILES string of the molecule is CC(C)COc1ccc(CNC(=O)[C@H](Cc2ccc(F)cc2)C2CCN(C)CC2)cc1. The molecule has 0 aromatic heterocycles. The lowest BCUT2D eigenvalue weighted by molar-refractivity contribution is -0.127. The van der Waals surface area contributed by atoms with Crippen molar-refractivity contribution in [2.45, 2.75) is 39.7 Å². The molecule has 31 heavy (non-hydrogen) atoms. The second-order valence-corrected chi connectivity index (χ2v) is 9.14. The molecule has 0 bridgehead atoms. The first-order valence-electron chi connectivity index (χ1n) is 11.3. The van der Waals surface area contributed by atoms with E-state index < -0.39 is 0 Å². The normalized spacial score (nSPS) is 16.3. The lowest BCUT2D eigenvalue weighted by atomic mass is 9.80. The van der Waals surface area contributed by atoms with Gasteiger partial charge in [0.1, 0.15) is 11.6 Å². The van der Waals surface area contributed by atoms with Crippen molar-refractivity contribution in [3.8, 4) is 5.75 Å². The highest BCUT2D eigenvalue weighted by atomic mass is 19.1. The minimum atomic E-state index is -0.245. The first kappa shape index (κ1) is 23.3. The lowest BCUT2D eigenvalue weighted by Crippen LogP contribution is -2.41. The maximum atomic E-state index is 13.3. The van der Waals surface area contributed by atoms with Crippen molar-refractivity contribution in [3.05, 3.63) is 65.5 Å². The predicted molar refractivity (Wildman–Crippen MR) is 122 cm³/mol. The van der Waals surface area contributed by atoms with Gasteiger partial charge in [0.25, 0.3) is 0 Å². The largest absolute Gasteiger partial charge is 0.493 e. The molecule has 0 spiro atoms. The number of rotatable bonds is 9. The van der Waals surface area contributed by atoms with Gasteiger partial charge < -0.3 is 15.0 Å². The summed E-state index contributed by atoms with van der Waals surface area (Å²) in [5.41, 5.74) is 2.06. The first-order chi connectivity index (χ1) is 14.9. The van der Waals surface area contributed by atoms with Crippen molar-refractivity contribution in [3.63, 3.8) is 0 Å². The highest BCUT2D eigenvalue weighted by Crippen LogP contribution is 2.28. The average molecular weight is 427 g/mol. The van der Waals surface area contributed by atoms with Gasteiger partial charge in [0.15, 0.2) is 0 Å². The van der Waals surface area contributed by atoms with Gasteiger partial charge in [0.2, 0.25) is 5.91 Å². The van der Waals surface area contributed by atoms with Gasteiger partial charge in [-0.2, -0.15) is 0 Å². The van der Waals surface area contributed by atoms with E-state index in [1.54, 1.807) is 12.1 Å². The smallest absolute Gasteiger partial charge is 0.223 e. The predicted octanol–water partition coefficient (Wildman–Crippen LogP) is 4.68. The van der Waals surface area contributed by atoms with Gasteiger partial charge in [0.05, 0.1) is 6.61 Å². The Morgan fingerprint density at radius 2 is 1.68 bits per heavy atom. The summed E-state index contributed by atoms with van der Waals surface area (Å²) in [4.78, 5) is 15.5. The van der Waals surface area contributed by atoms with Crippen LogP contribution in [0.5, 0.6) is 5.75 Å². The molecule has 1 amide bonds. The Morgan fingerprint density at radius 3 is 2.29 bits per heavy atom. The Kier molecular flexibility index (Phi) is 8.47. The van der Waals surface area contributed by atoms with Crippen LogP contribution >= 0.6 is 0 Å². The van der Waals surface area contributed by atoms with Gasteiger partial charge in [-0.3, -0.25) is 4.79 Å². The Bertz CT molecular complexity index is 812. The minimum absolute atomic E-state index is 0.0824. The van der Waals surface area contributed by atoms with Gasteiger partial charge >= 0.3 is 0 Å². The van der Waals surface area contributed by atoms with Crippen molar-refractivity contribution in [2.24, 2.45) is 17.8 Å². The topological polar surface area (TPSA) is 41.6 Å². The number of halogens is 1. The summed E-state index contributed by atoms with van der Waals surface area (Å²) < 4.78 is 19.0. The number of amides is 1. The molecule has 1 aliphatic rings. The third kappa shape index (κ3) is 7.35. The molecule has 0 radical (unpaired) electrons. The van der Waals surface area contributed by atoms with E-state index in [0.29, 0.717) is 31.4 Å². The summed E-state index contributed by atoms with van der Waals surface area (Å²) in [6.45, 7) is 7.45. The zero-order valence-electron chi connectivity index (χ0n) is 18.9. The van der Waals surface area contributed by atoms with Crippen LogP contribution in [0, 0.1) is 23.6 Å². The van der Waals surface area contributed by atoms with Crippen LogP contribution < -0.4 is 10.1 Å². The summed E-state index contributed by atoms with van der Waals surface area (Å²) in [5.74, 6) is 1.41. The molecule has 1 heterocycles. The number of nitrogens with one attached hydrogen (secondary N) is 1. The standard InChI is InChI=1S/C26H35FN2O2/c1-19(2)18-31-24-10-6-21(7-11-24)17-28-26(30)25(22-12-14-29(3)15-13-22)16-20-4-8-23(27)9-5-20/h4-11,19,22,25H,12-18H2,1-3H3,(H,28,30)/t25-/m1/s1. The number of hydrogen-bond acceptors (Lipinski definition) is 3. The number of ether oxygens (including phenoxy) is 1. The third-order valence-electron chi connectivity index (χ3n) is 6.01. The number of hydrogen-bond donors (Lipinski definition) is 1. The van der Waals surface area contributed by atoms with E-state index in [4.69, 9.17) is 4.74 Å². The first-order valence-corrected chi connectivity index (χ1v) is 11.3. The minimum Gasteiger partial charge on any atom is -0.493 e. The molecular formula is C26H35FN2O2. The summed E-state index contributed by atoms with van der Waals surface area (Å²) in [6.07, 6.45) is 2.66. The lowest BCUT2D eigenvalue weighted by Gasteiger charge is -2.34. The molecule has 1 atom stereocenters. The van der Waals surface area contributed by atoms with Gasteiger partial charge in [-0.1, -0.05) is 38.1 Å². The maximum absolute atomic E-state index is 13.3. The van der Waals surface area contributed by atoms with Crippen molar-refractivity contribution in [1.82, 2.24) is 10.2 Å². The van der Waals surface area contributed by atoms with Crippen molar-refractivity contribution >= 4 is 5.91 Å². The summed E-state index contributed by atoms with van der Waals surface area (Å²) >= 11 is 0. The van der Waals surface area contributed by atoms with Gasteiger partial charge in [-0.25, -0.2) is 4.39 Å². The monoisotopic (exact) mass is 426 g/mol. The molecule has 1 N–H and O–H groups in total. The second kappa shape index (κ2) is 11.3. The number of benzene rings is 2. The number of carbonyl (C=O) groups excluding carboxylic acids is 1. The molecule has 0 unspecified atom stereocenters. The van der Waals surface area contributed by atoms with Crippen LogP contribution in [0.1, 0.15) is 37.8 Å². The molecule has 168 valence electrons. The van der Waals surface area contributed by atoms with E-state index >= 15 is 0 Å². The van der Waals surface area contributed by atoms with E-state index in [0.717, 1.165) is 42.8 Å². The fraction of sp³-hybridized carbons (Fsp3) is 0.500. The van der Waals surface area contributed by atoms with Crippen LogP contribution in [0.15, 0.2) is 48.5 Å². The van der Waals surface area contributed by atoms with E-state index in [1.165, 1.54) is 12.1 Å². The molecule has 4 nitrogen and oxygen atoms in total. The fourth-order valence-electron chi connectivity index (χ4n) is 4.07. The second-order valence-electron chi connectivity index (χ2n) is 9.14. The molecule has 2 aromatic rings. The van der Waals surface area contributed by atoms with E-state index in [-0.39, 0.29) is 17.6 Å². The zero-order valence-corrected chi connectivity index (χ0v) is 18.9. The van der Waals surface area contributed by atoms with Crippen LogP contribution in [0.3, 0.4) is 0 Å². The fourth-order valence-corrected chi connectivity index (χ4v) is 4.07. The van der Waals surface area contributed by atoms with Gasteiger partial charge in [0, 0.05) is 12.5 Å². The average Bonchev–Trinajstić information content (AvgIpc) is 2.77. The number of nitrogens with zero attached hydrogens (tertiary/aromatic N) is 1. The number of likely N-dealkylation sites (tertiary alicyclic amines) is 1.